The van der Waals surface area contributed by atoms with Gasteiger partial charge in [-0.05, 0) is 47.5 Å². The summed E-state index contributed by atoms with van der Waals surface area (Å²) in [5.41, 5.74) is 1.05. The number of benzene rings is 3. The first-order valence-electron chi connectivity index (χ1n) is 8.73. The van der Waals surface area contributed by atoms with E-state index >= 15 is 0 Å². The molecule has 3 rings (SSSR count). The molecular weight excluding hydrogens is 326 g/mol. The maximum atomic E-state index is 12.3. The maximum Gasteiger partial charge on any atom is 0.260 e. The van der Waals surface area contributed by atoms with E-state index in [1.54, 1.807) is 11.9 Å². The normalized spacial score (nSPS) is 10.5. The number of amides is 1. The molecule has 4 nitrogen and oxygen atoms in total. The average Bonchev–Trinajstić information content (AvgIpc) is 2.67. The Labute approximate surface area is 154 Å². The second-order valence-electron chi connectivity index (χ2n) is 6.12. The van der Waals surface area contributed by atoms with Gasteiger partial charge >= 0.3 is 0 Å². The molecule has 3 aromatic carbocycles. The van der Waals surface area contributed by atoms with Crippen LogP contribution in [0.1, 0.15) is 12.5 Å². The van der Waals surface area contributed by atoms with E-state index in [4.69, 9.17) is 9.47 Å². The molecule has 3 aromatic rings. The number of carbonyl (C=O) groups is 1. The van der Waals surface area contributed by atoms with Crippen molar-refractivity contribution in [1.29, 1.82) is 0 Å². The van der Waals surface area contributed by atoms with Crippen LogP contribution >= 0.6 is 0 Å². The van der Waals surface area contributed by atoms with Gasteiger partial charge in [0.1, 0.15) is 11.5 Å². The van der Waals surface area contributed by atoms with E-state index in [1.807, 2.05) is 67.6 Å². The lowest BCUT2D eigenvalue weighted by Gasteiger charge is -2.18. The first kappa shape index (κ1) is 17.8. The molecule has 0 aliphatic heterocycles. The maximum absolute atomic E-state index is 12.3. The quantitative estimate of drug-likeness (QED) is 0.639. The van der Waals surface area contributed by atoms with E-state index in [1.165, 1.54) is 0 Å². The van der Waals surface area contributed by atoms with Crippen LogP contribution in [0, 0.1) is 0 Å². The highest BCUT2D eigenvalue weighted by Crippen LogP contribution is 2.20. The zero-order chi connectivity index (χ0) is 18.4. The first-order valence-corrected chi connectivity index (χ1v) is 8.73. The number of likely N-dealkylation sites (N-methyl/N-ethyl adjacent to an activating group) is 1. The molecule has 1 amide bonds. The van der Waals surface area contributed by atoms with Gasteiger partial charge in [-0.2, -0.15) is 0 Å². The Morgan fingerprint density at radius 2 is 1.58 bits per heavy atom. The Kier molecular flexibility index (Phi) is 5.74. The lowest BCUT2D eigenvalue weighted by molar-refractivity contribution is -0.132. The van der Waals surface area contributed by atoms with Crippen molar-refractivity contribution in [3.05, 3.63) is 72.3 Å². The van der Waals surface area contributed by atoms with E-state index < -0.39 is 0 Å². The molecule has 0 spiro atoms. The molecule has 0 aliphatic carbocycles. The van der Waals surface area contributed by atoms with Crippen LogP contribution in [0.4, 0.5) is 0 Å². The van der Waals surface area contributed by atoms with Gasteiger partial charge in [0.15, 0.2) is 6.61 Å². The summed E-state index contributed by atoms with van der Waals surface area (Å²) in [5, 5.41) is 2.25. The second-order valence-corrected chi connectivity index (χ2v) is 6.12. The Balaban J connectivity index is 1.54. The molecule has 0 aromatic heterocycles. The van der Waals surface area contributed by atoms with Crippen LogP contribution < -0.4 is 9.47 Å². The van der Waals surface area contributed by atoms with Crippen molar-refractivity contribution in [2.24, 2.45) is 0 Å². The monoisotopic (exact) mass is 349 g/mol. The predicted octanol–water partition coefficient (Wildman–Crippen LogP) is 4.28. The third-order valence-electron chi connectivity index (χ3n) is 4.16. The van der Waals surface area contributed by atoms with Crippen LogP contribution in [0.25, 0.3) is 10.8 Å². The van der Waals surface area contributed by atoms with E-state index in [2.05, 4.69) is 6.07 Å². The molecular formula is C22H23NO3. The summed E-state index contributed by atoms with van der Waals surface area (Å²) >= 11 is 0. The number of carbonyl (C=O) groups excluding carboxylic acids is 1. The van der Waals surface area contributed by atoms with Crippen molar-refractivity contribution < 1.29 is 14.3 Å². The van der Waals surface area contributed by atoms with Gasteiger partial charge in [0, 0.05) is 13.6 Å². The number of ether oxygens (including phenoxy) is 2. The number of nitrogens with zero attached hydrogens (tertiary/aromatic N) is 1. The highest BCUT2D eigenvalue weighted by atomic mass is 16.5. The SMILES string of the molecule is CCOc1ccc(CN(C)C(=O)COc2ccc3ccccc3c2)cc1. The fourth-order valence-electron chi connectivity index (χ4n) is 2.73. The van der Waals surface area contributed by atoms with Gasteiger partial charge in [-0.1, -0.05) is 42.5 Å². The predicted molar refractivity (Wildman–Crippen MR) is 104 cm³/mol. The lowest BCUT2D eigenvalue weighted by Crippen LogP contribution is -2.30. The molecule has 0 fully saturated rings. The van der Waals surface area contributed by atoms with Crippen LogP contribution in [-0.4, -0.2) is 31.1 Å². The molecule has 0 aliphatic rings. The summed E-state index contributed by atoms with van der Waals surface area (Å²) in [7, 11) is 1.78. The third-order valence-corrected chi connectivity index (χ3v) is 4.16. The van der Waals surface area contributed by atoms with Gasteiger partial charge in [-0.25, -0.2) is 0 Å². The van der Waals surface area contributed by atoms with E-state index in [0.717, 1.165) is 22.1 Å². The molecule has 0 unspecified atom stereocenters. The summed E-state index contributed by atoms with van der Waals surface area (Å²) < 4.78 is 11.1. The van der Waals surface area contributed by atoms with Crippen LogP contribution in [0.3, 0.4) is 0 Å². The fourth-order valence-corrected chi connectivity index (χ4v) is 2.73. The molecule has 0 heterocycles. The van der Waals surface area contributed by atoms with Gasteiger partial charge in [0.2, 0.25) is 0 Å². The summed E-state index contributed by atoms with van der Waals surface area (Å²) in [6.45, 7) is 3.15. The summed E-state index contributed by atoms with van der Waals surface area (Å²) in [4.78, 5) is 14.0. The molecule has 0 N–H and O–H groups in total. The molecule has 0 bridgehead atoms. The minimum atomic E-state index is -0.0629. The smallest absolute Gasteiger partial charge is 0.260 e. The van der Waals surface area contributed by atoms with Crippen molar-refractivity contribution in [3.63, 3.8) is 0 Å². The van der Waals surface area contributed by atoms with Crippen LogP contribution in [0.2, 0.25) is 0 Å². The average molecular weight is 349 g/mol. The van der Waals surface area contributed by atoms with Crippen molar-refractivity contribution in [1.82, 2.24) is 4.90 Å². The van der Waals surface area contributed by atoms with Crippen LogP contribution in [-0.2, 0) is 11.3 Å². The van der Waals surface area contributed by atoms with Gasteiger partial charge < -0.3 is 14.4 Å². The van der Waals surface area contributed by atoms with E-state index in [-0.39, 0.29) is 12.5 Å². The highest BCUT2D eigenvalue weighted by Gasteiger charge is 2.10. The number of hydrogen-bond acceptors (Lipinski definition) is 3. The van der Waals surface area contributed by atoms with Crippen molar-refractivity contribution >= 4 is 16.7 Å². The van der Waals surface area contributed by atoms with E-state index in [0.29, 0.717) is 18.9 Å². The van der Waals surface area contributed by atoms with E-state index in [9.17, 15) is 4.79 Å². The molecule has 0 saturated heterocycles. The van der Waals surface area contributed by atoms with Crippen LogP contribution in [0.15, 0.2) is 66.7 Å². The molecule has 4 heteroatoms. The lowest BCUT2D eigenvalue weighted by atomic mass is 10.1. The van der Waals surface area contributed by atoms with Gasteiger partial charge in [-0.3, -0.25) is 4.79 Å². The topological polar surface area (TPSA) is 38.8 Å². The Morgan fingerprint density at radius 3 is 2.31 bits per heavy atom. The zero-order valence-corrected chi connectivity index (χ0v) is 15.1. The van der Waals surface area contributed by atoms with Crippen molar-refractivity contribution in [2.45, 2.75) is 13.5 Å². The molecule has 134 valence electrons. The standard InChI is InChI=1S/C22H23NO3/c1-3-25-20-11-8-17(9-12-20)15-23(2)22(24)16-26-21-13-10-18-6-4-5-7-19(18)14-21/h4-14H,3,15-16H2,1-2H3. The largest absolute Gasteiger partial charge is 0.494 e. The van der Waals surface area contributed by atoms with Crippen molar-refractivity contribution in [3.8, 4) is 11.5 Å². The molecule has 26 heavy (non-hydrogen) atoms. The van der Waals surface area contributed by atoms with Crippen molar-refractivity contribution in [2.75, 3.05) is 20.3 Å². The Morgan fingerprint density at radius 1 is 0.885 bits per heavy atom. The fraction of sp³-hybridized carbons (Fsp3) is 0.227. The second kappa shape index (κ2) is 8.39. The highest BCUT2D eigenvalue weighted by molar-refractivity contribution is 5.84. The van der Waals surface area contributed by atoms with Gasteiger partial charge in [0.25, 0.3) is 5.91 Å². The molecule has 0 radical (unpaired) electrons. The summed E-state index contributed by atoms with van der Waals surface area (Å²) in [5.74, 6) is 1.48. The first-order chi connectivity index (χ1) is 12.7. The third kappa shape index (κ3) is 4.54. The number of fused-ring (bicyclic) bond motifs is 1. The number of rotatable bonds is 7. The summed E-state index contributed by atoms with van der Waals surface area (Å²) in [6, 6.07) is 21.7. The van der Waals surface area contributed by atoms with Gasteiger partial charge in [0.05, 0.1) is 6.61 Å². The minimum Gasteiger partial charge on any atom is -0.494 e. The summed E-state index contributed by atoms with van der Waals surface area (Å²) in [6.07, 6.45) is 0. The number of hydrogen-bond donors (Lipinski definition) is 0. The van der Waals surface area contributed by atoms with Gasteiger partial charge in [-0.15, -0.1) is 0 Å². The zero-order valence-electron chi connectivity index (χ0n) is 15.1. The van der Waals surface area contributed by atoms with Crippen LogP contribution in [0.5, 0.6) is 11.5 Å². The Hall–Kier alpha value is -3.01. The molecule has 0 saturated carbocycles. The Bertz CT molecular complexity index is 874. The molecule has 0 atom stereocenters. The minimum absolute atomic E-state index is 0.0197.